The second-order valence-corrected chi connectivity index (χ2v) is 4.63. The van der Waals surface area contributed by atoms with Crippen LogP contribution in [-0.4, -0.2) is 0 Å². The molecule has 0 saturated carbocycles. The third kappa shape index (κ3) is 3.14. The van der Waals surface area contributed by atoms with E-state index in [1.54, 1.807) is 0 Å². The van der Waals surface area contributed by atoms with Gasteiger partial charge in [-0.25, -0.2) is 0 Å². The molecule has 19 heavy (non-hydrogen) atoms. The average molecular weight is 250 g/mol. The molecule has 0 unspecified atom stereocenters. The molecule has 0 heterocycles. The Morgan fingerprint density at radius 3 is 2.37 bits per heavy atom. The molecule has 0 atom stereocenters. The van der Waals surface area contributed by atoms with Crippen molar-refractivity contribution in [2.45, 2.75) is 26.8 Å². The molecule has 2 heteroatoms. The quantitative estimate of drug-likeness (QED) is 0.888. The zero-order valence-electron chi connectivity index (χ0n) is 11.4. The lowest BCUT2D eigenvalue weighted by Crippen LogP contribution is -2.02. The van der Waals surface area contributed by atoms with Crippen molar-refractivity contribution >= 4 is 5.69 Å². The van der Waals surface area contributed by atoms with Crippen LogP contribution >= 0.6 is 0 Å². The number of aryl methyl sites for hydroxylation is 2. The summed E-state index contributed by atoms with van der Waals surface area (Å²) in [6.45, 7) is 4.85. The third-order valence-electron chi connectivity index (χ3n) is 3.30. The van der Waals surface area contributed by atoms with E-state index < -0.39 is 0 Å². The Morgan fingerprint density at radius 2 is 1.74 bits per heavy atom. The molecule has 2 rings (SSSR count). The number of hydrogen-bond donors (Lipinski definition) is 1. The number of hydrogen-bond acceptors (Lipinski definition) is 2. The molecule has 0 spiro atoms. The molecule has 0 fully saturated rings. The van der Waals surface area contributed by atoms with Crippen molar-refractivity contribution in [3.63, 3.8) is 0 Å². The van der Waals surface area contributed by atoms with E-state index in [1.807, 2.05) is 25.1 Å². The summed E-state index contributed by atoms with van der Waals surface area (Å²) in [5.41, 5.74) is 5.21. The normalized spacial score (nSPS) is 9.95. The van der Waals surface area contributed by atoms with Crippen LogP contribution in [0, 0.1) is 18.3 Å². The van der Waals surface area contributed by atoms with Crippen molar-refractivity contribution in [1.82, 2.24) is 0 Å². The zero-order chi connectivity index (χ0) is 13.7. The number of nitrogens with one attached hydrogen (secondary N) is 1. The Bertz CT molecular complexity index is 592. The summed E-state index contributed by atoms with van der Waals surface area (Å²) in [5.74, 6) is 0. The molecule has 96 valence electrons. The molecule has 0 saturated heterocycles. The number of nitriles is 1. The molecule has 0 amide bonds. The van der Waals surface area contributed by atoms with Gasteiger partial charge in [-0.3, -0.25) is 0 Å². The predicted octanol–water partition coefficient (Wildman–Crippen LogP) is 4.04. The fraction of sp³-hybridized carbons (Fsp3) is 0.235. The van der Waals surface area contributed by atoms with Crippen LogP contribution in [0.15, 0.2) is 42.5 Å². The van der Waals surface area contributed by atoms with Crippen molar-refractivity contribution in [3.05, 3.63) is 64.7 Å². The predicted molar refractivity (Wildman–Crippen MR) is 79.0 cm³/mol. The number of anilines is 1. The van der Waals surface area contributed by atoms with Gasteiger partial charge in [-0.2, -0.15) is 5.26 Å². The number of rotatable bonds is 4. The van der Waals surface area contributed by atoms with E-state index in [0.29, 0.717) is 0 Å². The van der Waals surface area contributed by atoms with Crippen molar-refractivity contribution in [2.75, 3.05) is 5.32 Å². The van der Waals surface area contributed by atoms with Gasteiger partial charge in [-0.05, 0) is 36.1 Å². The van der Waals surface area contributed by atoms with E-state index in [1.165, 1.54) is 11.1 Å². The monoisotopic (exact) mass is 250 g/mol. The van der Waals surface area contributed by atoms with E-state index in [-0.39, 0.29) is 0 Å². The molecule has 2 nitrogen and oxygen atoms in total. The van der Waals surface area contributed by atoms with E-state index in [9.17, 15) is 5.26 Å². The highest BCUT2D eigenvalue weighted by Gasteiger charge is 2.04. The van der Waals surface area contributed by atoms with E-state index in [4.69, 9.17) is 0 Å². The van der Waals surface area contributed by atoms with Gasteiger partial charge in [0.1, 0.15) is 6.07 Å². The second-order valence-electron chi connectivity index (χ2n) is 4.63. The van der Waals surface area contributed by atoms with Gasteiger partial charge in [0.2, 0.25) is 0 Å². The van der Waals surface area contributed by atoms with Crippen LogP contribution in [0.3, 0.4) is 0 Å². The van der Waals surface area contributed by atoms with Crippen molar-refractivity contribution in [1.29, 1.82) is 5.26 Å². The summed E-state index contributed by atoms with van der Waals surface area (Å²) in [6.07, 6.45) is 1.06. The van der Waals surface area contributed by atoms with E-state index in [0.717, 1.165) is 29.8 Å². The molecule has 0 aliphatic rings. The summed E-state index contributed by atoms with van der Waals surface area (Å²) < 4.78 is 0. The van der Waals surface area contributed by atoms with Gasteiger partial charge in [0.15, 0.2) is 0 Å². The molecular formula is C17H18N2. The van der Waals surface area contributed by atoms with E-state index >= 15 is 0 Å². The van der Waals surface area contributed by atoms with Crippen LogP contribution in [-0.2, 0) is 13.0 Å². The van der Waals surface area contributed by atoms with Gasteiger partial charge in [-0.1, -0.05) is 43.3 Å². The maximum Gasteiger partial charge on any atom is 0.102 e. The van der Waals surface area contributed by atoms with E-state index in [2.05, 4.69) is 42.6 Å². The first kappa shape index (κ1) is 13.2. The van der Waals surface area contributed by atoms with Crippen LogP contribution in [0.25, 0.3) is 0 Å². The molecule has 0 bridgehead atoms. The lowest BCUT2D eigenvalue weighted by molar-refractivity contribution is 1.10. The molecule has 0 aliphatic heterocycles. The minimum absolute atomic E-state index is 0.729. The fourth-order valence-corrected chi connectivity index (χ4v) is 2.05. The highest BCUT2D eigenvalue weighted by atomic mass is 14.9. The highest BCUT2D eigenvalue weighted by molar-refractivity contribution is 5.60. The first-order valence-corrected chi connectivity index (χ1v) is 6.56. The summed E-state index contributed by atoms with van der Waals surface area (Å²) in [7, 11) is 0. The van der Waals surface area contributed by atoms with Crippen LogP contribution < -0.4 is 5.32 Å². The minimum Gasteiger partial charge on any atom is -0.380 e. The van der Waals surface area contributed by atoms with Gasteiger partial charge >= 0.3 is 0 Å². The van der Waals surface area contributed by atoms with Gasteiger partial charge in [0, 0.05) is 6.54 Å². The number of nitrogens with zero attached hydrogens (tertiary/aromatic N) is 1. The van der Waals surface area contributed by atoms with Crippen molar-refractivity contribution in [3.8, 4) is 6.07 Å². The molecule has 0 aromatic heterocycles. The maximum absolute atomic E-state index is 9.17. The summed E-state index contributed by atoms with van der Waals surface area (Å²) >= 11 is 0. The maximum atomic E-state index is 9.17. The first-order chi connectivity index (χ1) is 9.24. The lowest BCUT2D eigenvalue weighted by Gasteiger charge is -2.10. The number of benzene rings is 2. The highest BCUT2D eigenvalue weighted by Crippen LogP contribution is 2.19. The topological polar surface area (TPSA) is 35.8 Å². The van der Waals surface area contributed by atoms with Gasteiger partial charge in [0.05, 0.1) is 11.3 Å². The summed E-state index contributed by atoms with van der Waals surface area (Å²) in [6, 6.07) is 16.7. The van der Waals surface area contributed by atoms with Crippen molar-refractivity contribution in [2.24, 2.45) is 0 Å². The smallest absolute Gasteiger partial charge is 0.102 e. The molecular weight excluding hydrogens is 232 g/mol. The Hall–Kier alpha value is -2.27. The summed E-state index contributed by atoms with van der Waals surface area (Å²) in [5, 5.41) is 12.5. The second kappa shape index (κ2) is 6.06. The Kier molecular flexibility index (Phi) is 4.20. The first-order valence-electron chi connectivity index (χ1n) is 6.56. The van der Waals surface area contributed by atoms with Gasteiger partial charge in [0.25, 0.3) is 0 Å². The Labute approximate surface area is 114 Å². The van der Waals surface area contributed by atoms with Gasteiger partial charge < -0.3 is 5.32 Å². The van der Waals surface area contributed by atoms with Crippen LogP contribution in [0.1, 0.15) is 29.2 Å². The fourth-order valence-electron chi connectivity index (χ4n) is 2.05. The Morgan fingerprint density at radius 1 is 1.05 bits per heavy atom. The van der Waals surface area contributed by atoms with Crippen LogP contribution in [0.4, 0.5) is 5.69 Å². The van der Waals surface area contributed by atoms with Crippen LogP contribution in [0.5, 0.6) is 0 Å². The standard InChI is InChI=1S/C17H18N2/c1-3-14-7-9-15(10-8-14)12-19-17-6-4-5-13(2)16(17)11-18/h4-10,19H,3,12H2,1-2H3. The minimum atomic E-state index is 0.729. The zero-order valence-corrected chi connectivity index (χ0v) is 11.4. The lowest BCUT2D eigenvalue weighted by atomic mass is 10.1. The average Bonchev–Trinajstić information content (AvgIpc) is 2.45. The molecule has 2 aromatic carbocycles. The molecule has 2 aromatic rings. The molecule has 0 aliphatic carbocycles. The summed E-state index contributed by atoms with van der Waals surface area (Å²) in [4.78, 5) is 0. The third-order valence-corrected chi connectivity index (χ3v) is 3.30. The van der Waals surface area contributed by atoms with Crippen molar-refractivity contribution < 1.29 is 0 Å². The SMILES string of the molecule is CCc1ccc(CNc2cccc(C)c2C#N)cc1. The van der Waals surface area contributed by atoms with Crippen LogP contribution in [0.2, 0.25) is 0 Å². The molecule has 1 N–H and O–H groups in total. The molecule has 0 radical (unpaired) electrons. The largest absolute Gasteiger partial charge is 0.380 e. The Balaban J connectivity index is 2.10. The van der Waals surface area contributed by atoms with Gasteiger partial charge in [-0.15, -0.1) is 0 Å².